The van der Waals surface area contributed by atoms with Crippen LogP contribution in [0, 0.1) is 12.8 Å². The average molecular weight is 221 g/mol. The summed E-state index contributed by atoms with van der Waals surface area (Å²) in [6.07, 6.45) is 0. The second-order valence-electron chi connectivity index (χ2n) is 4.30. The van der Waals surface area contributed by atoms with Gasteiger partial charge in [-0.2, -0.15) is 0 Å². The van der Waals surface area contributed by atoms with E-state index in [-0.39, 0.29) is 11.8 Å². The van der Waals surface area contributed by atoms with E-state index in [1.54, 1.807) is 0 Å². The highest BCUT2D eigenvalue weighted by Crippen LogP contribution is 2.23. The van der Waals surface area contributed by atoms with Gasteiger partial charge in [-0.1, -0.05) is 26.0 Å². The molecule has 0 radical (unpaired) electrons. The van der Waals surface area contributed by atoms with Gasteiger partial charge in [0.25, 0.3) is 0 Å². The summed E-state index contributed by atoms with van der Waals surface area (Å²) in [5.74, 6) is -0.242. The monoisotopic (exact) mass is 221 g/mol. The van der Waals surface area contributed by atoms with Crippen LogP contribution in [0.5, 0.6) is 0 Å². The Morgan fingerprint density at radius 1 is 1.38 bits per heavy atom. The van der Waals surface area contributed by atoms with Crippen LogP contribution in [0.3, 0.4) is 0 Å². The van der Waals surface area contributed by atoms with Crippen LogP contribution in [0.2, 0.25) is 0 Å². The molecule has 4 heteroatoms. The van der Waals surface area contributed by atoms with Gasteiger partial charge in [0.05, 0.1) is 11.4 Å². The number of amides is 1. The summed E-state index contributed by atoms with van der Waals surface area (Å²) in [6.45, 7) is 5.80. The molecule has 1 aromatic rings. The number of benzene rings is 1. The molecule has 88 valence electrons. The van der Waals surface area contributed by atoms with Gasteiger partial charge in [0.1, 0.15) is 6.04 Å². The smallest absolute Gasteiger partial charge is 0.240 e. The molecule has 0 aromatic heterocycles. The Morgan fingerprint density at radius 3 is 2.50 bits per heavy atom. The van der Waals surface area contributed by atoms with E-state index < -0.39 is 6.04 Å². The van der Waals surface area contributed by atoms with Crippen LogP contribution in [-0.4, -0.2) is 11.9 Å². The third kappa shape index (κ3) is 2.66. The summed E-state index contributed by atoms with van der Waals surface area (Å²) >= 11 is 0. The van der Waals surface area contributed by atoms with Crippen molar-refractivity contribution in [2.24, 2.45) is 11.7 Å². The molecule has 0 aliphatic heterocycles. The van der Waals surface area contributed by atoms with Crippen LogP contribution in [0.4, 0.5) is 11.4 Å². The maximum atomic E-state index is 11.3. The topological polar surface area (TPSA) is 81.1 Å². The van der Waals surface area contributed by atoms with Crippen molar-refractivity contribution < 1.29 is 4.79 Å². The van der Waals surface area contributed by atoms with Gasteiger partial charge in [-0.25, -0.2) is 0 Å². The average Bonchev–Trinajstić information content (AvgIpc) is 2.19. The molecule has 0 saturated carbocycles. The van der Waals surface area contributed by atoms with Gasteiger partial charge >= 0.3 is 0 Å². The van der Waals surface area contributed by atoms with E-state index in [2.05, 4.69) is 5.32 Å². The second kappa shape index (κ2) is 4.88. The summed E-state index contributed by atoms with van der Waals surface area (Å²) in [4.78, 5) is 11.3. The van der Waals surface area contributed by atoms with Crippen molar-refractivity contribution >= 4 is 17.3 Å². The molecule has 16 heavy (non-hydrogen) atoms. The zero-order chi connectivity index (χ0) is 12.3. The van der Waals surface area contributed by atoms with Crippen LogP contribution >= 0.6 is 0 Å². The molecule has 1 amide bonds. The maximum Gasteiger partial charge on any atom is 0.240 e. The Labute approximate surface area is 96.0 Å². The minimum atomic E-state index is -0.399. The summed E-state index contributed by atoms with van der Waals surface area (Å²) < 4.78 is 0. The lowest BCUT2D eigenvalue weighted by Gasteiger charge is -2.21. The van der Waals surface area contributed by atoms with Crippen molar-refractivity contribution in [3.05, 3.63) is 23.8 Å². The summed E-state index contributed by atoms with van der Waals surface area (Å²) in [6, 6.07) is 5.27. The van der Waals surface area contributed by atoms with Gasteiger partial charge in [-0.05, 0) is 24.5 Å². The number of hydrogen-bond donors (Lipinski definition) is 3. The van der Waals surface area contributed by atoms with E-state index in [9.17, 15) is 4.79 Å². The minimum absolute atomic E-state index is 0.123. The first-order valence-corrected chi connectivity index (χ1v) is 5.34. The van der Waals surface area contributed by atoms with Crippen LogP contribution < -0.4 is 16.8 Å². The fraction of sp³-hybridized carbons (Fsp3) is 0.417. The Bertz CT molecular complexity index is 388. The Hall–Kier alpha value is -1.71. The zero-order valence-corrected chi connectivity index (χ0v) is 9.95. The van der Waals surface area contributed by atoms with E-state index >= 15 is 0 Å². The molecule has 1 unspecified atom stereocenters. The molecule has 0 heterocycles. The first-order valence-electron chi connectivity index (χ1n) is 5.34. The maximum absolute atomic E-state index is 11.3. The molecule has 5 N–H and O–H groups in total. The van der Waals surface area contributed by atoms with Gasteiger partial charge in [-0.3, -0.25) is 4.79 Å². The molecule has 0 saturated heterocycles. The number of primary amides is 1. The van der Waals surface area contributed by atoms with Gasteiger partial charge in [-0.15, -0.1) is 0 Å². The van der Waals surface area contributed by atoms with E-state index in [1.807, 2.05) is 39.0 Å². The van der Waals surface area contributed by atoms with E-state index in [1.165, 1.54) is 0 Å². The van der Waals surface area contributed by atoms with Gasteiger partial charge < -0.3 is 16.8 Å². The quantitative estimate of drug-likeness (QED) is 0.674. The lowest BCUT2D eigenvalue weighted by atomic mass is 10.0. The number of carbonyl (C=O) groups excluding carboxylic acids is 1. The molecule has 0 bridgehead atoms. The van der Waals surface area contributed by atoms with Gasteiger partial charge in [0.15, 0.2) is 0 Å². The fourth-order valence-corrected chi connectivity index (χ4v) is 1.54. The standard InChI is InChI=1S/C12H19N3O/c1-7(2)11(12(14)16)15-9-6-4-5-8(3)10(9)13/h4-7,11,15H,13H2,1-3H3,(H2,14,16). The van der Waals surface area contributed by atoms with Crippen molar-refractivity contribution in [1.82, 2.24) is 0 Å². The zero-order valence-electron chi connectivity index (χ0n) is 9.95. The Morgan fingerprint density at radius 2 is 2.00 bits per heavy atom. The Balaban J connectivity index is 2.94. The number of anilines is 2. The lowest BCUT2D eigenvalue weighted by Crippen LogP contribution is -2.39. The number of rotatable bonds is 4. The molecule has 0 spiro atoms. The van der Waals surface area contributed by atoms with Crippen molar-refractivity contribution in [3.8, 4) is 0 Å². The predicted molar refractivity (Wildman–Crippen MR) is 67.0 cm³/mol. The molecule has 0 aliphatic rings. The summed E-state index contributed by atoms with van der Waals surface area (Å²) in [5, 5.41) is 3.09. The van der Waals surface area contributed by atoms with Crippen molar-refractivity contribution in [1.29, 1.82) is 0 Å². The third-order valence-electron chi connectivity index (χ3n) is 2.61. The third-order valence-corrected chi connectivity index (χ3v) is 2.61. The largest absolute Gasteiger partial charge is 0.397 e. The highest BCUT2D eigenvalue weighted by Gasteiger charge is 2.19. The first-order chi connectivity index (χ1) is 7.43. The summed E-state index contributed by atoms with van der Waals surface area (Å²) in [5.41, 5.74) is 13.7. The number of nitrogen functional groups attached to an aromatic ring is 1. The van der Waals surface area contributed by atoms with Crippen LogP contribution in [0.15, 0.2) is 18.2 Å². The van der Waals surface area contributed by atoms with Crippen LogP contribution in [0.1, 0.15) is 19.4 Å². The number of nitrogens with one attached hydrogen (secondary N) is 1. The normalized spacial score (nSPS) is 12.5. The van der Waals surface area contributed by atoms with Crippen molar-refractivity contribution in [2.75, 3.05) is 11.1 Å². The number of nitrogens with two attached hydrogens (primary N) is 2. The minimum Gasteiger partial charge on any atom is -0.397 e. The fourth-order valence-electron chi connectivity index (χ4n) is 1.54. The highest BCUT2D eigenvalue weighted by molar-refractivity contribution is 5.85. The molecule has 0 aliphatic carbocycles. The molecule has 1 aromatic carbocycles. The molecule has 0 fully saturated rings. The number of carbonyl (C=O) groups is 1. The van der Waals surface area contributed by atoms with Gasteiger partial charge in [0.2, 0.25) is 5.91 Å². The van der Waals surface area contributed by atoms with Crippen molar-refractivity contribution in [3.63, 3.8) is 0 Å². The molecular weight excluding hydrogens is 202 g/mol. The number of aryl methyl sites for hydroxylation is 1. The molecule has 1 rings (SSSR count). The number of para-hydroxylation sites is 1. The molecule has 4 nitrogen and oxygen atoms in total. The molecular formula is C12H19N3O. The SMILES string of the molecule is Cc1cccc(NC(C(N)=O)C(C)C)c1N. The van der Waals surface area contributed by atoms with E-state index in [0.717, 1.165) is 11.3 Å². The predicted octanol–water partition coefficient (Wildman–Crippen LogP) is 1.50. The first kappa shape index (κ1) is 12.4. The highest BCUT2D eigenvalue weighted by atomic mass is 16.1. The lowest BCUT2D eigenvalue weighted by molar-refractivity contribution is -0.119. The van der Waals surface area contributed by atoms with Crippen molar-refractivity contribution in [2.45, 2.75) is 26.8 Å². The number of hydrogen-bond acceptors (Lipinski definition) is 3. The van der Waals surface area contributed by atoms with Crippen LogP contribution in [0.25, 0.3) is 0 Å². The van der Waals surface area contributed by atoms with Gasteiger partial charge in [0, 0.05) is 0 Å². The van der Waals surface area contributed by atoms with Crippen LogP contribution in [-0.2, 0) is 4.79 Å². The second-order valence-corrected chi connectivity index (χ2v) is 4.30. The summed E-state index contributed by atoms with van der Waals surface area (Å²) in [7, 11) is 0. The van der Waals surface area contributed by atoms with E-state index in [4.69, 9.17) is 11.5 Å². The Kier molecular flexibility index (Phi) is 3.77. The van der Waals surface area contributed by atoms with E-state index in [0.29, 0.717) is 5.69 Å². The molecule has 1 atom stereocenters.